The van der Waals surface area contributed by atoms with Crippen LogP contribution in [0, 0.1) is 29.0 Å². The van der Waals surface area contributed by atoms with Gasteiger partial charge >= 0.3 is 5.97 Å². The van der Waals surface area contributed by atoms with Crippen molar-refractivity contribution in [3.63, 3.8) is 0 Å². The summed E-state index contributed by atoms with van der Waals surface area (Å²) in [4.78, 5) is 27.1. The topological polar surface area (TPSA) is 55.8 Å². The number of amides is 1. The molecule has 1 aromatic carbocycles. The lowest BCUT2D eigenvalue weighted by atomic mass is 9.76. The van der Waals surface area contributed by atoms with Crippen LogP contribution in [0.3, 0.4) is 0 Å². The summed E-state index contributed by atoms with van der Waals surface area (Å²) >= 11 is 6.45. The van der Waals surface area contributed by atoms with E-state index in [9.17, 15) is 9.59 Å². The van der Waals surface area contributed by atoms with Crippen molar-refractivity contribution in [1.82, 2.24) is 4.90 Å². The van der Waals surface area contributed by atoms with Crippen molar-refractivity contribution in [1.29, 1.82) is 0 Å². The van der Waals surface area contributed by atoms with Gasteiger partial charge in [0.05, 0.1) is 17.2 Å². The molecular formula is C26H33ClFNO4. The summed E-state index contributed by atoms with van der Waals surface area (Å²) in [6.07, 6.45) is 7.51. The molecule has 5 aliphatic rings. The molecule has 6 rings (SSSR count). The van der Waals surface area contributed by atoms with Crippen molar-refractivity contribution in [2.24, 2.45) is 23.2 Å². The standard InChI is InChI=1S/C26H33ClFNO4/c1-25(2,3)33-24(31)21-5-4-6-29(21)23(30)18-10-19(27)22(11-20(18)28)32-14-26-12-15-7-16(13-26)9-17(26)8-15/h10-11,15-17,21H,4-9,12-14H2,1-3H3/t15?,16?,17?,21-,26?/m0/s1. The van der Waals surface area contributed by atoms with Crippen molar-refractivity contribution in [2.75, 3.05) is 13.2 Å². The number of halogens is 2. The average molecular weight is 478 g/mol. The van der Waals surface area contributed by atoms with Gasteiger partial charge in [0.25, 0.3) is 5.91 Å². The molecule has 4 bridgehead atoms. The molecule has 0 N–H and O–H groups in total. The largest absolute Gasteiger partial charge is 0.491 e. The third-order valence-corrected chi connectivity index (χ3v) is 8.41. The molecule has 1 saturated heterocycles. The van der Waals surface area contributed by atoms with Crippen molar-refractivity contribution in [3.05, 3.63) is 28.5 Å². The van der Waals surface area contributed by atoms with Crippen molar-refractivity contribution in [2.45, 2.75) is 77.4 Å². The van der Waals surface area contributed by atoms with Crippen LogP contribution >= 0.6 is 11.6 Å². The number of ether oxygens (including phenoxy) is 2. The van der Waals surface area contributed by atoms with Crippen LogP contribution in [0.25, 0.3) is 0 Å². The molecule has 1 heterocycles. The second kappa shape index (κ2) is 8.14. The van der Waals surface area contributed by atoms with Crippen LogP contribution in [0.15, 0.2) is 12.1 Å². The van der Waals surface area contributed by atoms with E-state index in [-0.39, 0.29) is 21.8 Å². The molecule has 4 saturated carbocycles. The number of likely N-dealkylation sites (tertiary alicyclic amines) is 1. The fraction of sp³-hybridized carbons (Fsp3) is 0.692. The van der Waals surface area contributed by atoms with Crippen molar-refractivity contribution < 1.29 is 23.5 Å². The normalized spacial score (nSPS) is 32.5. The summed E-state index contributed by atoms with van der Waals surface area (Å²) in [7, 11) is 0. The van der Waals surface area contributed by atoms with Gasteiger partial charge in [-0.25, -0.2) is 9.18 Å². The zero-order valence-corrected chi connectivity index (χ0v) is 20.4. The summed E-state index contributed by atoms with van der Waals surface area (Å²) in [6, 6.07) is 1.86. The van der Waals surface area contributed by atoms with Gasteiger partial charge in [0.15, 0.2) is 0 Å². The van der Waals surface area contributed by atoms with Gasteiger partial charge in [-0.15, -0.1) is 0 Å². The monoisotopic (exact) mass is 477 g/mol. The molecule has 0 radical (unpaired) electrons. The Balaban J connectivity index is 1.29. The summed E-state index contributed by atoms with van der Waals surface area (Å²) < 4.78 is 26.6. The Hall–Kier alpha value is -1.82. The van der Waals surface area contributed by atoms with E-state index in [0.29, 0.717) is 31.9 Å². The number of esters is 1. The van der Waals surface area contributed by atoms with Gasteiger partial charge in [-0.3, -0.25) is 4.79 Å². The predicted molar refractivity (Wildman–Crippen MR) is 123 cm³/mol. The Morgan fingerprint density at radius 3 is 2.55 bits per heavy atom. The fourth-order valence-corrected chi connectivity index (χ4v) is 7.22. The van der Waals surface area contributed by atoms with E-state index < -0.39 is 29.3 Å². The third kappa shape index (κ3) is 4.24. The van der Waals surface area contributed by atoms with Crippen LogP contribution in [-0.4, -0.2) is 41.6 Å². The van der Waals surface area contributed by atoms with E-state index in [1.165, 1.54) is 49.1 Å². The molecule has 7 heteroatoms. The van der Waals surface area contributed by atoms with Gasteiger partial charge in [-0.1, -0.05) is 11.6 Å². The lowest BCUT2D eigenvalue weighted by Crippen LogP contribution is -2.43. The van der Waals surface area contributed by atoms with Crippen LogP contribution in [0.4, 0.5) is 4.39 Å². The van der Waals surface area contributed by atoms with E-state index in [1.54, 1.807) is 20.8 Å². The summed E-state index contributed by atoms with van der Waals surface area (Å²) in [5, 5.41) is 0.224. The smallest absolute Gasteiger partial charge is 0.329 e. The number of rotatable bonds is 5. The van der Waals surface area contributed by atoms with Crippen molar-refractivity contribution >= 4 is 23.5 Å². The third-order valence-electron chi connectivity index (χ3n) is 8.12. The van der Waals surface area contributed by atoms with Gasteiger partial charge in [0.2, 0.25) is 0 Å². The first-order chi connectivity index (χ1) is 15.5. The first kappa shape index (κ1) is 22.9. The van der Waals surface area contributed by atoms with Crippen LogP contribution < -0.4 is 4.74 Å². The van der Waals surface area contributed by atoms with Crippen molar-refractivity contribution in [3.8, 4) is 5.75 Å². The van der Waals surface area contributed by atoms with E-state index in [1.807, 2.05) is 0 Å². The second-order valence-electron chi connectivity index (χ2n) is 11.6. The highest BCUT2D eigenvalue weighted by atomic mass is 35.5. The summed E-state index contributed by atoms with van der Waals surface area (Å²) in [5.41, 5.74) is -0.584. The van der Waals surface area contributed by atoms with Gasteiger partial charge in [-0.05, 0) is 89.5 Å². The molecule has 1 aromatic rings. The average Bonchev–Trinajstić information content (AvgIpc) is 3.36. The molecule has 33 heavy (non-hydrogen) atoms. The Bertz CT molecular complexity index is 960. The SMILES string of the molecule is CC(C)(C)OC(=O)[C@@H]1CCCN1C(=O)c1cc(Cl)c(OCC23CC4CC(CC2C4)C3)cc1F. The molecule has 180 valence electrons. The molecule has 2 unspecified atom stereocenters. The molecule has 1 aliphatic heterocycles. The first-order valence-electron chi connectivity index (χ1n) is 12.2. The summed E-state index contributed by atoms with van der Waals surface area (Å²) in [5.74, 6) is 0.957. The van der Waals surface area contributed by atoms with Gasteiger partial charge < -0.3 is 14.4 Å². The number of hydrogen-bond acceptors (Lipinski definition) is 4. The van der Waals surface area contributed by atoms with E-state index in [2.05, 4.69) is 0 Å². The zero-order valence-electron chi connectivity index (χ0n) is 19.7. The minimum Gasteiger partial charge on any atom is -0.491 e. The second-order valence-corrected chi connectivity index (χ2v) is 12.1. The molecule has 5 nitrogen and oxygen atoms in total. The van der Waals surface area contributed by atoms with Gasteiger partial charge in [-0.2, -0.15) is 0 Å². The predicted octanol–water partition coefficient (Wildman–Crippen LogP) is 5.63. The molecule has 4 aliphatic carbocycles. The number of carbonyl (C=O) groups excluding carboxylic acids is 2. The van der Waals surface area contributed by atoms with E-state index in [4.69, 9.17) is 21.1 Å². The molecule has 3 atom stereocenters. The van der Waals surface area contributed by atoms with Crippen LogP contribution in [0.5, 0.6) is 5.75 Å². The molecule has 1 amide bonds. The Morgan fingerprint density at radius 1 is 1.18 bits per heavy atom. The maximum Gasteiger partial charge on any atom is 0.329 e. The minimum absolute atomic E-state index is 0.137. The zero-order chi connectivity index (χ0) is 23.5. The highest BCUT2D eigenvalue weighted by Crippen LogP contribution is 2.65. The Labute approximate surface area is 199 Å². The number of hydrogen-bond donors (Lipinski definition) is 0. The Kier molecular flexibility index (Phi) is 5.66. The number of benzene rings is 1. The van der Waals surface area contributed by atoms with E-state index in [0.717, 1.165) is 11.8 Å². The lowest BCUT2D eigenvalue weighted by molar-refractivity contribution is -0.159. The maximum atomic E-state index is 15.1. The highest BCUT2D eigenvalue weighted by molar-refractivity contribution is 6.32. The maximum absolute atomic E-state index is 15.1. The molecular weight excluding hydrogens is 445 g/mol. The van der Waals surface area contributed by atoms with Gasteiger partial charge in [0.1, 0.15) is 23.2 Å². The Morgan fingerprint density at radius 2 is 1.88 bits per heavy atom. The molecule has 0 aromatic heterocycles. The van der Waals surface area contributed by atoms with E-state index >= 15 is 4.39 Å². The number of nitrogens with zero attached hydrogens (tertiary/aromatic N) is 1. The first-order valence-corrected chi connectivity index (χ1v) is 12.6. The minimum atomic E-state index is -0.710. The number of carbonyl (C=O) groups is 2. The van der Waals surface area contributed by atoms with Gasteiger partial charge in [0, 0.05) is 18.0 Å². The van der Waals surface area contributed by atoms with Crippen LogP contribution in [-0.2, 0) is 9.53 Å². The van der Waals surface area contributed by atoms with Crippen LogP contribution in [0.2, 0.25) is 5.02 Å². The fourth-order valence-electron chi connectivity index (χ4n) is 7.00. The molecule has 0 spiro atoms. The van der Waals surface area contributed by atoms with Crippen LogP contribution in [0.1, 0.15) is 76.1 Å². The lowest BCUT2D eigenvalue weighted by Gasteiger charge is -2.32. The molecule has 5 fully saturated rings. The quantitative estimate of drug-likeness (QED) is 0.516. The highest BCUT2D eigenvalue weighted by Gasteiger charge is 2.58. The summed E-state index contributed by atoms with van der Waals surface area (Å²) in [6.45, 7) is 6.29.